The third-order valence-electron chi connectivity index (χ3n) is 3.52. The topological polar surface area (TPSA) is 75.9 Å². The molecule has 0 saturated carbocycles. The van der Waals surface area contributed by atoms with E-state index in [4.69, 9.17) is 4.74 Å². The van der Waals surface area contributed by atoms with Gasteiger partial charge in [-0.2, -0.15) is 11.8 Å². The molecule has 1 fully saturated rings. The van der Waals surface area contributed by atoms with Gasteiger partial charge in [0.05, 0.1) is 6.61 Å². The van der Waals surface area contributed by atoms with Gasteiger partial charge in [0.1, 0.15) is 5.65 Å². The summed E-state index contributed by atoms with van der Waals surface area (Å²) in [5.74, 6) is 1.65. The Kier molecular flexibility index (Phi) is 4.71. The fraction of sp³-hybridized carbons (Fsp3) is 0.400. The van der Waals surface area contributed by atoms with Crippen LogP contribution in [0, 0.1) is 0 Å². The Labute approximate surface area is 138 Å². The van der Waals surface area contributed by atoms with Crippen LogP contribution in [-0.2, 0) is 4.74 Å². The first-order valence-electron chi connectivity index (χ1n) is 7.48. The number of fused-ring (bicyclic) bond motifs is 1. The highest BCUT2D eigenvalue weighted by Gasteiger charge is 2.24. The number of hydrogen-bond donors (Lipinski definition) is 1. The van der Waals surface area contributed by atoms with E-state index in [0.29, 0.717) is 24.6 Å². The van der Waals surface area contributed by atoms with Gasteiger partial charge in [-0.05, 0) is 19.1 Å². The summed E-state index contributed by atoms with van der Waals surface area (Å²) in [7, 11) is 0. The van der Waals surface area contributed by atoms with E-state index >= 15 is 0 Å². The zero-order valence-electron chi connectivity index (χ0n) is 12.8. The van der Waals surface area contributed by atoms with Crippen molar-refractivity contribution in [3.05, 3.63) is 30.1 Å². The minimum absolute atomic E-state index is 0.123. The second-order valence-corrected chi connectivity index (χ2v) is 6.21. The third kappa shape index (κ3) is 3.26. The molecule has 7 nitrogen and oxygen atoms in total. The standard InChI is InChI=1S/C15H18N4O3S/c1-2-22-14(20)12-13(19-6-4-3-5-11(19)16-12)17-15(21)18-7-9-23-10-8-18/h3-6H,2,7-10H2,1H3,(H,17,21). The molecule has 3 rings (SSSR count). The first-order chi connectivity index (χ1) is 11.2. The molecular weight excluding hydrogens is 316 g/mol. The zero-order valence-corrected chi connectivity index (χ0v) is 13.6. The van der Waals surface area contributed by atoms with Gasteiger partial charge in [-0.3, -0.25) is 9.72 Å². The number of hydrogen-bond acceptors (Lipinski definition) is 5. The number of anilines is 1. The normalized spacial score (nSPS) is 14.7. The quantitative estimate of drug-likeness (QED) is 0.870. The molecule has 0 bridgehead atoms. The summed E-state index contributed by atoms with van der Waals surface area (Å²) in [6.07, 6.45) is 1.76. The van der Waals surface area contributed by atoms with Crippen molar-refractivity contribution in [1.82, 2.24) is 14.3 Å². The van der Waals surface area contributed by atoms with Crippen LogP contribution in [0.3, 0.4) is 0 Å². The number of carbonyl (C=O) groups excluding carboxylic acids is 2. The van der Waals surface area contributed by atoms with Gasteiger partial charge in [0, 0.05) is 30.8 Å². The predicted molar refractivity (Wildman–Crippen MR) is 89.1 cm³/mol. The van der Waals surface area contributed by atoms with E-state index < -0.39 is 5.97 Å². The lowest BCUT2D eigenvalue weighted by Crippen LogP contribution is -2.41. The average molecular weight is 334 g/mol. The molecule has 1 N–H and O–H groups in total. The Hall–Kier alpha value is -2.22. The molecule has 0 aromatic carbocycles. The van der Waals surface area contributed by atoms with Crippen LogP contribution < -0.4 is 5.32 Å². The average Bonchev–Trinajstić information content (AvgIpc) is 2.95. The van der Waals surface area contributed by atoms with Gasteiger partial charge in [-0.15, -0.1) is 0 Å². The van der Waals surface area contributed by atoms with Crippen molar-refractivity contribution >= 4 is 35.2 Å². The molecule has 0 aliphatic carbocycles. The number of ether oxygens (including phenoxy) is 1. The first kappa shape index (κ1) is 15.7. The lowest BCUT2D eigenvalue weighted by atomic mass is 10.4. The molecule has 0 atom stereocenters. The smallest absolute Gasteiger partial charge is 0.360 e. The number of imidazole rings is 1. The molecule has 2 aromatic rings. The number of nitrogens with one attached hydrogen (secondary N) is 1. The number of aromatic nitrogens is 2. The Morgan fingerprint density at radius 2 is 2.13 bits per heavy atom. The number of urea groups is 1. The SMILES string of the molecule is CCOC(=O)c1nc2ccccn2c1NC(=O)N1CCSCC1. The van der Waals surface area contributed by atoms with Gasteiger partial charge in [0.2, 0.25) is 0 Å². The molecule has 3 heterocycles. The molecule has 1 aliphatic rings. The van der Waals surface area contributed by atoms with E-state index in [-0.39, 0.29) is 18.3 Å². The Morgan fingerprint density at radius 3 is 2.87 bits per heavy atom. The molecule has 0 spiro atoms. The summed E-state index contributed by atoms with van der Waals surface area (Å²) >= 11 is 1.83. The van der Waals surface area contributed by atoms with Crippen LogP contribution in [0.4, 0.5) is 10.6 Å². The molecule has 2 aromatic heterocycles. The second kappa shape index (κ2) is 6.91. The van der Waals surface area contributed by atoms with Crippen LogP contribution in [0.5, 0.6) is 0 Å². The van der Waals surface area contributed by atoms with Crippen molar-refractivity contribution in [2.45, 2.75) is 6.92 Å². The van der Waals surface area contributed by atoms with Crippen LogP contribution in [0.2, 0.25) is 0 Å². The number of carbonyl (C=O) groups is 2. The summed E-state index contributed by atoms with van der Waals surface area (Å²) in [5.41, 5.74) is 0.706. The zero-order chi connectivity index (χ0) is 16.2. The molecule has 23 heavy (non-hydrogen) atoms. The summed E-state index contributed by atoms with van der Waals surface area (Å²) in [6.45, 7) is 3.38. The molecule has 122 valence electrons. The molecule has 2 amide bonds. The monoisotopic (exact) mass is 334 g/mol. The van der Waals surface area contributed by atoms with E-state index in [1.54, 1.807) is 28.5 Å². The summed E-state index contributed by atoms with van der Waals surface area (Å²) in [6, 6.07) is 5.19. The van der Waals surface area contributed by atoms with E-state index in [2.05, 4.69) is 10.3 Å². The second-order valence-electron chi connectivity index (χ2n) is 4.99. The van der Waals surface area contributed by atoms with Gasteiger partial charge in [-0.1, -0.05) is 6.07 Å². The lowest BCUT2D eigenvalue weighted by Gasteiger charge is -2.26. The number of esters is 1. The highest BCUT2D eigenvalue weighted by molar-refractivity contribution is 7.99. The molecular formula is C15H18N4O3S. The maximum Gasteiger partial charge on any atom is 0.360 e. The maximum atomic E-state index is 12.5. The van der Waals surface area contributed by atoms with Crippen molar-refractivity contribution < 1.29 is 14.3 Å². The highest BCUT2D eigenvalue weighted by atomic mass is 32.2. The highest BCUT2D eigenvalue weighted by Crippen LogP contribution is 2.20. The largest absolute Gasteiger partial charge is 0.461 e. The number of amides is 2. The summed E-state index contributed by atoms with van der Waals surface area (Å²) in [4.78, 5) is 30.6. The van der Waals surface area contributed by atoms with Crippen molar-refractivity contribution in [3.8, 4) is 0 Å². The molecule has 1 aliphatic heterocycles. The Balaban J connectivity index is 1.92. The van der Waals surface area contributed by atoms with Crippen LogP contribution in [0.15, 0.2) is 24.4 Å². The predicted octanol–water partition coefficient (Wildman–Crippen LogP) is 2.09. The number of rotatable bonds is 3. The van der Waals surface area contributed by atoms with E-state index in [1.165, 1.54) is 0 Å². The summed E-state index contributed by atoms with van der Waals surface area (Å²) in [5, 5.41) is 2.82. The number of pyridine rings is 1. The molecule has 8 heteroatoms. The van der Waals surface area contributed by atoms with Gasteiger partial charge in [0.15, 0.2) is 11.5 Å². The van der Waals surface area contributed by atoms with Crippen LogP contribution in [0.1, 0.15) is 17.4 Å². The van der Waals surface area contributed by atoms with Crippen molar-refractivity contribution in [3.63, 3.8) is 0 Å². The molecule has 0 radical (unpaired) electrons. The minimum Gasteiger partial charge on any atom is -0.461 e. The van der Waals surface area contributed by atoms with E-state index in [9.17, 15) is 9.59 Å². The first-order valence-corrected chi connectivity index (χ1v) is 8.64. The van der Waals surface area contributed by atoms with Gasteiger partial charge >= 0.3 is 12.0 Å². The van der Waals surface area contributed by atoms with Crippen molar-refractivity contribution in [1.29, 1.82) is 0 Å². The van der Waals surface area contributed by atoms with Gasteiger partial charge in [0.25, 0.3) is 0 Å². The van der Waals surface area contributed by atoms with E-state index in [0.717, 1.165) is 11.5 Å². The van der Waals surface area contributed by atoms with Crippen molar-refractivity contribution in [2.75, 3.05) is 36.5 Å². The van der Waals surface area contributed by atoms with Crippen LogP contribution in [0.25, 0.3) is 5.65 Å². The molecule has 0 unspecified atom stereocenters. The Bertz CT molecular complexity index is 725. The number of nitrogens with zero attached hydrogens (tertiary/aromatic N) is 3. The van der Waals surface area contributed by atoms with Gasteiger partial charge < -0.3 is 9.64 Å². The van der Waals surface area contributed by atoms with Crippen molar-refractivity contribution in [2.24, 2.45) is 0 Å². The maximum absolute atomic E-state index is 12.5. The molecule has 1 saturated heterocycles. The summed E-state index contributed by atoms with van der Waals surface area (Å²) < 4.78 is 6.73. The fourth-order valence-electron chi connectivity index (χ4n) is 2.40. The number of thioether (sulfide) groups is 1. The lowest BCUT2D eigenvalue weighted by molar-refractivity contribution is 0.0521. The fourth-order valence-corrected chi connectivity index (χ4v) is 3.31. The third-order valence-corrected chi connectivity index (χ3v) is 4.46. The van der Waals surface area contributed by atoms with E-state index in [1.807, 2.05) is 23.9 Å². The minimum atomic E-state index is -0.541. The van der Waals surface area contributed by atoms with Gasteiger partial charge in [-0.25, -0.2) is 14.6 Å². The Morgan fingerprint density at radius 1 is 1.35 bits per heavy atom. The van der Waals surface area contributed by atoms with Crippen LogP contribution >= 0.6 is 11.8 Å². The van der Waals surface area contributed by atoms with Crippen LogP contribution in [-0.4, -0.2) is 57.5 Å².